The summed E-state index contributed by atoms with van der Waals surface area (Å²) in [5.41, 5.74) is 0. The standard InChI is InChI=1S/C3H3NOS/c1-2-4-5-6-3-1/h1-3H. The molecule has 0 atom stereocenters. The Morgan fingerprint density at radius 1 is 1.67 bits per heavy atom. The van der Waals surface area contributed by atoms with E-state index in [0.717, 1.165) is 0 Å². The van der Waals surface area contributed by atoms with Gasteiger partial charge in [0.05, 0.1) is 6.21 Å². The van der Waals surface area contributed by atoms with Gasteiger partial charge in [-0.25, -0.2) is 0 Å². The molecule has 32 valence electrons. The molecule has 0 saturated heterocycles. The summed E-state index contributed by atoms with van der Waals surface area (Å²) in [5, 5.41) is 5.24. The van der Waals surface area contributed by atoms with Crippen molar-refractivity contribution in [3.05, 3.63) is 11.5 Å². The molecule has 2 nitrogen and oxygen atoms in total. The molecule has 0 N–H and O–H groups in total. The van der Waals surface area contributed by atoms with Crippen LogP contribution in [0.4, 0.5) is 0 Å². The van der Waals surface area contributed by atoms with Crippen LogP contribution >= 0.6 is 12.0 Å². The molecule has 0 amide bonds. The van der Waals surface area contributed by atoms with E-state index < -0.39 is 0 Å². The van der Waals surface area contributed by atoms with Gasteiger partial charge in [-0.15, -0.1) is 0 Å². The fraction of sp³-hybridized carbons (Fsp3) is 0. The Morgan fingerprint density at radius 3 is 2.83 bits per heavy atom. The first-order valence-electron chi connectivity index (χ1n) is 1.51. The molecule has 0 aromatic heterocycles. The molecule has 1 rings (SSSR count). The number of hydrogen-bond donors (Lipinski definition) is 0. The summed E-state index contributed by atoms with van der Waals surface area (Å²) in [4.78, 5) is 0. The van der Waals surface area contributed by atoms with E-state index in [0.29, 0.717) is 0 Å². The van der Waals surface area contributed by atoms with Gasteiger partial charge in [-0.05, 0) is 6.08 Å². The van der Waals surface area contributed by atoms with Crippen molar-refractivity contribution in [2.24, 2.45) is 5.16 Å². The fourth-order valence-electron chi connectivity index (χ4n) is 0.177. The summed E-state index contributed by atoms with van der Waals surface area (Å²) >= 11 is 1.22. The number of oxime groups is 1. The van der Waals surface area contributed by atoms with Crippen molar-refractivity contribution in [3.63, 3.8) is 0 Å². The second-order valence-electron chi connectivity index (χ2n) is 0.754. The minimum Gasteiger partial charge on any atom is -0.318 e. The lowest BCUT2D eigenvalue weighted by Gasteiger charge is -1.89. The predicted molar refractivity (Wildman–Crippen MR) is 26.3 cm³/mol. The molecular formula is C3H3NOS. The molecular weight excluding hydrogens is 98.1 g/mol. The van der Waals surface area contributed by atoms with E-state index in [1.165, 1.54) is 12.0 Å². The summed E-state index contributed by atoms with van der Waals surface area (Å²) in [6.45, 7) is 0. The quantitative estimate of drug-likeness (QED) is 0.427. The third-order valence-electron chi connectivity index (χ3n) is 0.367. The number of hydrogen-bond acceptors (Lipinski definition) is 3. The highest BCUT2D eigenvalue weighted by Crippen LogP contribution is 2.05. The van der Waals surface area contributed by atoms with E-state index in [-0.39, 0.29) is 0 Å². The molecule has 0 aromatic carbocycles. The van der Waals surface area contributed by atoms with Gasteiger partial charge in [0.15, 0.2) is 0 Å². The summed E-state index contributed by atoms with van der Waals surface area (Å²) in [7, 11) is 0. The molecule has 1 aliphatic heterocycles. The van der Waals surface area contributed by atoms with E-state index in [4.69, 9.17) is 0 Å². The molecule has 0 bridgehead atoms. The minimum atomic E-state index is 1.22. The van der Waals surface area contributed by atoms with Gasteiger partial charge in [0.1, 0.15) is 12.0 Å². The Hall–Kier alpha value is -0.440. The zero-order valence-electron chi connectivity index (χ0n) is 3.00. The lowest BCUT2D eigenvalue weighted by Crippen LogP contribution is -1.70. The summed E-state index contributed by atoms with van der Waals surface area (Å²) in [6, 6.07) is 0. The molecule has 0 fully saturated rings. The highest BCUT2D eigenvalue weighted by Gasteiger charge is 1.79. The highest BCUT2D eigenvalue weighted by atomic mass is 32.2. The van der Waals surface area contributed by atoms with Gasteiger partial charge in [0.25, 0.3) is 0 Å². The lowest BCUT2D eigenvalue weighted by atomic mass is 10.7. The maximum atomic E-state index is 4.47. The van der Waals surface area contributed by atoms with Crippen molar-refractivity contribution in [1.29, 1.82) is 0 Å². The SMILES string of the molecule is C1=CSON=C1. The van der Waals surface area contributed by atoms with E-state index in [1.807, 2.05) is 11.5 Å². The maximum absolute atomic E-state index is 4.47. The van der Waals surface area contributed by atoms with Gasteiger partial charge >= 0.3 is 0 Å². The topological polar surface area (TPSA) is 21.6 Å². The fourth-order valence-corrected chi connectivity index (χ4v) is 0.460. The average molecular weight is 101 g/mol. The van der Waals surface area contributed by atoms with Crippen LogP contribution in [0.1, 0.15) is 0 Å². The van der Waals surface area contributed by atoms with E-state index >= 15 is 0 Å². The molecule has 0 unspecified atom stereocenters. The second kappa shape index (κ2) is 1.87. The Labute approximate surface area is 40.1 Å². The Bertz CT molecular complexity index is 76.8. The van der Waals surface area contributed by atoms with Gasteiger partial charge in [-0.1, -0.05) is 5.16 Å². The van der Waals surface area contributed by atoms with Crippen LogP contribution in [0.2, 0.25) is 0 Å². The normalized spacial score (nSPS) is 17.3. The van der Waals surface area contributed by atoms with Gasteiger partial charge in [0, 0.05) is 5.41 Å². The van der Waals surface area contributed by atoms with Crippen molar-refractivity contribution >= 4 is 18.3 Å². The van der Waals surface area contributed by atoms with Crippen molar-refractivity contribution in [2.45, 2.75) is 0 Å². The number of nitrogens with zero attached hydrogens (tertiary/aromatic N) is 1. The highest BCUT2D eigenvalue weighted by molar-refractivity contribution is 7.97. The van der Waals surface area contributed by atoms with E-state index in [2.05, 4.69) is 9.44 Å². The van der Waals surface area contributed by atoms with Crippen LogP contribution in [0.25, 0.3) is 0 Å². The zero-order valence-corrected chi connectivity index (χ0v) is 3.81. The van der Waals surface area contributed by atoms with Crippen LogP contribution < -0.4 is 0 Å². The van der Waals surface area contributed by atoms with Gasteiger partial charge < -0.3 is 4.28 Å². The third-order valence-corrected chi connectivity index (χ3v) is 0.807. The van der Waals surface area contributed by atoms with E-state index in [1.54, 1.807) is 6.21 Å². The van der Waals surface area contributed by atoms with Crippen LogP contribution in [-0.2, 0) is 4.28 Å². The molecule has 0 aliphatic carbocycles. The Kier molecular flexibility index (Phi) is 1.17. The maximum Gasteiger partial charge on any atom is 0.117 e. The smallest absolute Gasteiger partial charge is 0.117 e. The average Bonchev–Trinajstić information content (AvgIpc) is 1.72. The molecule has 3 heteroatoms. The Morgan fingerprint density at radius 2 is 2.67 bits per heavy atom. The van der Waals surface area contributed by atoms with Crippen LogP contribution in [0.3, 0.4) is 0 Å². The van der Waals surface area contributed by atoms with E-state index in [9.17, 15) is 0 Å². The largest absolute Gasteiger partial charge is 0.318 e. The van der Waals surface area contributed by atoms with Crippen LogP contribution in [-0.4, -0.2) is 6.21 Å². The van der Waals surface area contributed by atoms with Gasteiger partial charge in [0.2, 0.25) is 0 Å². The number of rotatable bonds is 0. The molecule has 1 heterocycles. The first-order chi connectivity index (χ1) is 3.00. The molecule has 0 spiro atoms. The van der Waals surface area contributed by atoms with Crippen LogP contribution in [0.5, 0.6) is 0 Å². The summed E-state index contributed by atoms with van der Waals surface area (Å²) in [5.74, 6) is 0. The number of allylic oxidation sites excluding steroid dienone is 1. The first kappa shape index (κ1) is 3.74. The monoisotopic (exact) mass is 101 g/mol. The van der Waals surface area contributed by atoms with Crippen molar-refractivity contribution in [3.8, 4) is 0 Å². The van der Waals surface area contributed by atoms with Crippen molar-refractivity contribution < 1.29 is 4.28 Å². The van der Waals surface area contributed by atoms with Gasteiger partial charge in [-0.3, -0.25) is 0 Å². The first-order valence-corrected chi connectivity index (χ1v) is 2.31. The minimum absolute atomic E-state index is 1.22. The lowest BCUT2D eigenvalue weighted by molar-refractivity contribution is 0.411. The third kappa shape index (κ3) is 0.755. The molecule has 6 heavy (non-hydrogen) atoms. The van der Waals surface area contributed by atoms with Crippen LogP contribution in [0.15, 0.2) is 16.6 Å². The molecule has 0 radical (unpaired) electrons. The Balaban J connectivity index is 2.46. The molecule has 1 aliphatic rings. The second-order valence-corrected chi connectivity index (χ2v) is 1.37. The molecule has 0 saturated carbocycles. The predicted octanol–water partition coefficient (Wildman–Crippen LogP) is 1.16. The summed E-state index contributed by atoms with van der Waals surface area (Å²) in [6.07, 6.45) is 3.41. The molecule has 0 aromatic rings. The van der Waals surface area contributed by atoms with Crippen molar-refractivity contribution in [2.75, 3.05) is 0 Å². The van der Waals surface area contributed by atoms with Gasteiger partial charge in [-0.2, -0.15) is 0 Å². The van der Waals surface area contributed by atoms with Crippen LogP contribution in [0, 0.1) is 0 Å². The zero-order chi connectivity index (χ0) is 4.24. The van der Waals surface area contributed by atoms with Crippen molar-refractivity contribution in [1.82, 2.24) is 0 Å². The summed E-state index contributed by atoms with van der Waals surface area (Å²) < 4.78 is 4.47.